The van der Waals surface area contributed by atoms with Gasteiger partial charge < -0.3 is 11.1 Å². The van der Waals surface area contributed by atoms with Crippen LogP contribution in [0.25, 0.3) is 0 Å². The van der Waals surface area contributed by atoms with Crippen LogP contribution in [0.3, 0.4) is 0 Å². The van der Waals surface area contributed by atoms with Crippen molar-refractivity contribution in [1.29, 1.82) is 0 Å². The monoisotopic (exact) mass is 406 g/mol. The first-order valence-electron chi connectivity index (χ1n) is 8.14. The zero-order chi connectivity index (χ0) is 20.4. The molecule has 0 amide bonds. The molecular formula is C20H16F4N3S. The molecule has 28 heavy (non-hydrogen) atoms. The van der Waals surface area contributed by atoms with E-state index in [1.54, 1.807) is 12.3 Å². The number of thioether (sulfide) groups is 1. The minimum Gasteiger partial charge on any atom is -0.381 e. The molecule has 0 saturated carbocycles. The van der Waals surface area contributed by atoms with Gasteiger partial charge in [0.25, 0.3) is 0 Å². The van der Waals surface area contributed by atoms with E-state index in [1.807, 2.05) is 0 Å². The number of halogens is 4. The summed E-state index contributed by atoms with van der Waals surface area (Å²) in [6.07, 6.45) is 2.84. The van der Waals surface area contributed by atoms with Gasteiger partial charge in [0.2, 0.25) is 0 Å². The van der Waals surface area contributed by atoms with Crippen LogP contribution in [0.2, 0.25) is 0 Å². The Kier molecular flexibility index (Phi) is 5.79. The van der Waals surface area contributed by atoms with E-state index in [9.17, 15) is 17.6 Å². The van der Waals surface area contributed by atoms with Crippen LogP contribution < -0.4 is 11.1 Å². The lowest BCUT2D eigenvalue weighted by atomic mass is 10.0. The lowest BCUT2D eigenvalue weighted by Crippen LogP contribution is -2.06. The van der Waals surface area contributed by atoms with Gasteiger partial charge in [-0.3, -0.25) is 0 Å². The molecule has 0 bridgehead atoms. The summed E-state index contributed by atoms with van der Waals surface area (Å²) in [5.41, 5.74) is 5.18. The molecular weight excluding hydrogens is 390 g/mol. The molecule has 0 atom stereocenters. The lowest BCUT2D eigenvalue weighted by molar-refractivity contribution is 0.502. The van der Waals surface area contributed by atoms with E-state index in [0.717, 1.165) is 0 Å². The van der Waals surface area contributed by atoms with Crippen molar-refractivity contribution in [3.8, 4) is 0 Å². The van der Waals surface area contributed by atoms with Gasteiger partial charge in [-0.1, -0.05) is 6.07 Å². The first-order valence-corrected chi connectivity index (χ1v) is 9.36. The highest BCUT2D eigenvalue weighted by Crippen LogP contribution is 2.31. The zero-order valence-electron chi connectivity index (χ0n) is 14.8. The summed E-state index contributed by atoms with van der Waals surface area (Å²) in [4.78, 5) is 4.29. The van der Waals surface area contributed by atoms with Crippen molar-refractivity contribution in [2.24, 2.45) is 0 Å². The SMILES string of the molecule is [CH2]c1cc(Cc2ccnc(N)c2F)c(F)c(F)c1Nc1ccc(SC)cc1F. The number of hydrogen-bond acceptors (Lipinski definition) is 4. The van der Waals surface area contributed by atoms with Gasteiger partial charge in [0.05, 0.1) is 11.4 Å². The molecule has 0 unspecified atom stereocenters. The molecule has 145 valence electrons. The number of benzene rings is 2. The fourth-order valence-corrected chi connectivity index (χ4v) is 3.13. The summed E-state index contributed by atoms with van der Waals surface area (Å²) in [5, 5.41) is 2.55. The van der Waals surface area contributed by atoms with E-state index >= 15 is 0 Å². The van der Waals surface area contributed by atoms with E-state index in [4.69, 9.17) is 5.73 Å². The van der Waals surface area contributed by atoms with Crippen LogP contribution in [-0.4, -0.2) is 11.2 Å². The lowest BCUT2D eigenvalue weighted by Gasteiger charge is -2.15. The van der Waals surface area contributed by atoms with Crippen molar-refractivity contribution < 1.29 is 17.6 Å². The molecule has 0 aliphatic heterocycles. The molecule has 3 N–H and O–H groups in total. The number of anilines is 3. The normalized spacial score (nSPS) is 10.9. The first kappa shape index (κ1) is 20.0. The number of nitrogens with zero attached hydrogens (tertiary/aromatic N) is 1. The van der Waals surface area contributed by atoms with Crippen molar-refractivity contribution in [1.82, 2.24) is 4.98 Å². The van der Waals surface area contributed by atoms with E-state index in [1.165, 1.54) is 42.2 Å². The molecule has 0 aliphatic carbocycles. The molecule has 0 saturated heterocycles. The second-order valence-corrected chi connectivity index (χ2v) is 6.89. The number of rotatable bonds is 5. The van der Waals surface area contributed by atoms with Crippen LogP contribution in [0.15, 0.2) is 41.4 Å². The average Bonchev–Trinajstić information content (AvgIpc) is 2.67. The fourth-order valence-electron chi connectivity index (χ4n) is 2.70. The van der Waals surface area contributed by atoms with Crippen LogP contribution in [0, 0.1) is 30.2 Å². The van der Waals surface area contributed by atoms with Crippen LogP contribution in [0.5, 0.6) is 0 Å². The highest BCUT2D eigenvalue weighted by atomic mass is 32.2. The highest BCUT2D eigenvalue weighted by molar-refractivity contribution is 7.98. The third-order valence-corrected chi connectivity index (χ3v) is 4.90. The Balaban J connectivity index is 1.95. The molecule has 2 aromatic carbocycles. The Morgan fingerprint density at radius 1 is 1.04 bits per heavy atom. The number of hydrogen-bond donors (Lipinski definition) is 2. The molecule has 3 nitrogen and oxygen atoms in total. The van der Waals surface area contributed by atoms with Gasteiger partial charge in [0, 0.05) is 17.5 Å². The topological polar surface area (TPSA) is 50.9 Å². The molecule has 3 aromatic rings. The smallest absolute Gasteiger partial charge is 0.182 e. The molecule has 1 radical (unpaired) electrons. The van der Waals surface area contributed by atoms with Crippen LogP contribution in [-0.2, 0) is 6.42 Å². The Labute approximate surface area is 164 Å². The minimum absolute atomic E-state index is 0.0123. The first-order chi connectivity index (χ1) is 13.3. The second kappa shape index (κ2) is 8.10. The number of nitrogens with one attached hydrogen (secondary N) is 1. The van der Waals surface area contributed by atoms with Gasteiger partial charge >= 0.3 is 0 Å². The van der Waals surface area contributed by atoms with E-state index < -0.39 is 23.3 Å². The van der Waals surface area contributed by atoms with Crippen molar-refractivity contribution in [3.05, 3.63) is 83.4 Å². The summed E-state index contributed by atoms with van der Waals surface area (Å²) in [7, 11) is 0. The molecule has 0 spiro atoms. The minimum atomic E-state index is -1.22. The van der Waals surface area contributed by atoms with Crippen LogP contribution in [0.4, 0.5) is 34.8 Å². The summed E-state index contributed by atoms with van der Waals surface area (Å²) in [6.45, 7) is 3.70. The summed E-state index contributed by atoms with van der Waals surface area (Å²) >= 11 is 1.35. The molecule has 8 heteroatoms. The molecule has 0 aliphatic rings. The van der Waals surface area contributed by atoms with Crippen molar-refractivity contribution in [3.63, 3.8) is 0 Å². The second-order valence-electron chi connectivity index (χ2n) is 6.01. The van der Waals surface area contributed by atoms with Crippen molar-refractivity contribution in [2.75, 3.05) is 17.3 Å². The number of pyridine rings is 1. The number of aromatic nitrogens is 1. The van der Waals surface area contributed by atoms with Crippen molar-refractivity contribution in [2.45, 2.75) is 11.3 Å². The number of nitrogens with two attached hydrogens (primary N) is 1. The third kappa shape index (κ3) is 3.91. The Bertz CT molecular complexity index is 1040. The Hall–Kier alpha value is -2.74. The Morgan fingerprint density at radius 2 is 1.79 bits per heavy atom. The third-order valence-electron chi connectivity index (χ3n) is 4.18. The average molecular weight is 406 g/mol. The maximum absolute atomic E-state index is 14.6. The van der Waals surface area contributed by atoms with E-state index in [2.05, 4.69) is 17.2 Å². The predicted molar refractivity (Wildman–Crippen MR) is 104 cm³/mol. The largest absolute Gasteiger partial charge is 0.381 e. The van der Waals surface area contributed by atoms with Crippen LogP contribution >= 0.6 is 11.8 Å². The van der Waals surface area contributed by atoms with Gasteiger partial charge in [0.1, 0.15) is 5.82 Å². The molecule has 0 fully saturated rings. The van der Waals surface area contributed by atoms with Gasteiger partial charge in [-0.2, -0.15) is 0 Å². The highest BCUT2D eigenvalue weighted by Gasteiger charge is 2.19. The molecule has 1 aromatic heterocycles. The molecule has 1 heterocycles. The zero-order valence-corrected chi connectivity index (χ0v) is 15.6. The van der Waals surface area contributed by atoms with Gasteiger partial charge in [-0.25, -0.2) is 22.5 Å². The van der Waals surface area contributed by atoms with E-state index in [-0.39, 0.29) is 40.3 Å². The molecule has 3 rings (SSSR count). The van der Waals surface area contributed by atoms with Gasteiger partial charge in [-0.05, 0) is 54.1 Å². The summed E-state index contributed by atoms with van der Waals surface area (Å²) in [6, 6.07) is 6.99. The predicted octanol–water partition coefficient (Wildman–Crippen LogP) is 5.46. The van der Waals surface area contributed by atoms with Crippen LogP contribution in [0.1, 0.15) is 16.7 Å². The maximum atomic E-state index is 14.6. The van der Waals surface area contributed by atoms with E-state index in [0.29, 0.717) is 4.90 Å². The van der Waals surface area contributed by atoms with Gasteiger partial charge in [-0.15, -0.1) is 11.8 Å². The summed E-state index contributed by atoms with van der Waals surface area (Å²) < 4.78 is 57.4. The summed E-state index contributed by atoms with van der Waals surface area (Å²) in [5.74, 6) is -4.12. The fraction of sp³-hybridized carbons (Fsp3) is 0.100. The maximum Gasteiger partial charge on any atom is 0.182 e. The Morgan fingerprint density at radius 3 is 2.46 bits per heavy atom. The standard InChI is InChI=1S/C20H16F4N3S/c1-10-7-12(8-11-5-6-26-20(25)17(11)23)16(22)18(24)19(10)27-15-4-3-13(28-2)9-14(15)21/h3-7,9,27H,1,8H2,2H3,(H2,25,26). The quantitative estimate of drug-likeness (QED) is 0.436. The van der Waals surface area contributed by atoms with Gasteiger partial charge in [0.15, 0.2) is 23.3 Å². The van der Waals surface area contributed by atoms with Crippen molar-refractivity contribution >= 4 is 29.0 Å². The number of nitrogen functional groups attached to an aromatic ring is 1.